The zero-order chi connectivity index (χ0) is 29.3. The summed E-state index contributed by atoms with van der Waals surface area (Å²) in [4.78, 5) is 27.6. The van der Waals surface area contributed by atoms with E-state index in [0.29, 0.717) is 28.5 Å². The molecule has 1 aliphatic heterocycles. The van der Waals surface area contributed by atoms with Crippen LogP contribution in [0, 0.1) is 5.82 Å². The first kappa shape index (κ1) is 27.9. The van der Waals surface area contributed by atoms with Crippen LogP contribution in [0.25, 0.3) is 33.7 Å². The predicted octanol–water partition coefficient (Wildman–Crippen LogP) is 5.61. The van der Waals surface area contributed by atoms with Crippen LogP contribution in [-0.2, 0) is 18.4 Å². The van der Waals surface area contributed by atoms with E-state index in [-0.39, 0.29) is 35.7 Å². The molecule has 0 bridgehead atoms. The summed E-state index contributed by atoms with van der Waals surface area (Å²) in [6.45, 7) is 9.91. The zero-order valence-electron chi connectivity index (χ0n) is 24.2. The Morgan fingerprint density at radius 1 is 1.07 bits per heavy atom. The van der Waals surface area contributed by atoms with Crippen LogP contribution in [0.5, 0.6) is 0 Å². The first-order valence-electron chi connectivity index (χ1n) is 14.5. The van der Waals surface area contributed by atoms with E-state index in [9.17, 15) is 4.79 Å². The van der Waals surface area contributed by atoms with Gasteiger partial charge in [0.1, 0.15) is 11.6 Å². The highest BCUT2D eigenvalue weighted by Gasteiger charge is 2.24. The van der Waals surface area contributed by atoms with Crippen LogP contribution < -0.4 is 0 Å². The number of likely N-dealkylation sites (tertiary alicyclic amines) is 1. The van der Waals surface area contributed by atoms with Crippen LogP contribution in [0.1, 0.15) is 68.6 Å². The van der Waals surface area contributed by atoms with Crippen molar-refractivity contribution >= 4 is 16.9 Å². The van der Waals surface area contributed by atoms with Crippen molar-refractivity contribution in [1.29, 1.82) is 0 Å². The van der Waals surface area contributed by atoms with E-state index in [0.717, 1.165) is 42.8 Å². The Bertz CT molecular complexity index is 1710. The number of H-pyrrole nitrogens is 1. The van der Waals surface area contributed by atoms with E-state index in [4.69, 9.17) is 4.42 Å². The van der Waals surface area contributed by atoms with E-state index in [2.05, 4.69) is 35.1 Å². The maximum atomic E-state index is 15.2. The summed E-state index contributed by atoms with van der Waals surface area (Å²) in [5, 5.41) is 12.4. The van der Waals surface area contributed by atoms with E-state index < -0.39 is 0 Å². The molecular formula is C31H35FN8O2. The van der Waals surface area contributed by atoms with Crippen molar-refractivity contribution in [2.75, 3.05) is 19.6 Å². The van der Waals surface area contributed by atoms with Crippen molar-refractivity contribution in [2.45, 2.75) is 64.8 Å². The fraction of sp³-hybridized carbons (Fsp3) is 0.419. The Hall–Kier alpha value is -4.25. The molecule has 0 radical (unpaired) electrons. The number of aromatic amines is 1. The zero-order valence-corrected chi connectivity index (χ0v) is 24.2. The minimum atomic E-state index is -0.388. The van der Waals surface area contributed by atoms with Crippen molar-refractivity contribution in [3.05, 3.63) is 66.0 Å². The van der Waals surface area contributed by atoms with Crippen molar-refractivity contribution in [1.82, 2.24) is 39.8 Å². The van der Waals surface area contributed by atoms with E-state index in [1.54, 1.807) is 12.3 Å². The van der Waals surface area contributed by atoms with E-state index in [1.165, 1.54) is 25.3 Å². The second-order valence-electron chi connectivity index (χ2n) is 11.9. The Morgan fingerprint density at radius 2 is 1.90 bits per heavy atom. The van der Waals surface area contributed by atoms with Crippen LogP contribution in [0.4, 0.5) is 4.39 Å². The molecule has 1 saturated heterocycles. The van der Waals surface area contributed by atoms with Gasteiger partial charge >= 0.3 is 0 Å². The number of imidazole rings is 1. The Kier molecular flexibility index (Phi) is 7.68. The third-order valence-electron chi connectivity index (χ3n) is 7.68. The molecule has 11 heteroatoms. The molecule has 0 unspecified atom stereocenters. The third kappa shape index (κ3) is 6.01. The second-order valence-corrected chi connectivity index (χ2v) is 11.9. The fourth-order valence-electron chi connectivity index (χ4n) is 5.24. The summed E-state index contributed by atoms with van der Waals surface area (Å²) >= 11 is 0. The van der Waals surface area contributed by atoms with E-state index >= 15 is 4.39 Å². The van der Waals surface area contributed by atoms with Crippen molar-refractivity contribution in [2.24, 2.45) is 0 Å². The van der Waals surface area contributed by atoms with Crippen LogP contribution in [0.3, 0.4) is 0 Å². The number of Topliss-reactive ketones (excluding diaryl/α,β-unsaturated/α-hetero) is 1. The standard InChI is InChI=1S/C31H35FN8O2/c1-31(2,3)30-38-37-29(42-30)25(41)10-9-20-7-8-21(17-24(20)32)23-11-12-33-28-26(23)35-27(36-28)22-18-34-40(19-22)16-15-39-13-5-4-6-14-39/h7-8,11-12,17-19H,4-6,9-10,13-16H2,1-3H3,(H,33,35,36). The number of hydrogen-bond donors (Lipinski definition) is 1. The first-order chi connectivity index (χ1) is 20.2. The number of fused-ring (bicyclic) bond motifs is 1. The number of rotatable bonds is 9. The van der Waals surface area contributed by atoms with Gasteiger partial charge in [0.15, 0.2) is 5.65 Å². The molecule has 0 amide bonds. The molecular weight excluding hydrogens is 535 g/mol. The largest absolute Gasteiger partial charge is 0.418 e. The number of carbonyl (C=O) groups excluding carboxylic acids is 1. The minimum Gasteiger partial charge on any atom is -0.418 e. The van der Waals surface area contributed by atoms with Crippen molar-refractivity contribution < 1.29 is 13.6 Å². The van der Waals surface area contributed by atoms with Gasteiger partial charge in [-0.1, -0.05) is 39.3 Å². The van der Waals surface area contributed by atoms with Gasteiger partial charge in [0.05, 0.1) is 23.8 Å². The van der Waals surface area contributed by atoms with Crippen molar-refractivity contribution in [3.63, 3.8) is 0 Å². The smallest absolute Gasteiger partial charge is 0.284 e. The summed E-state index contributed by atoms with van der Waals surface area (Å²) in [6.07, 6.45) is 9.62. The maximum absolute atomic E-state index is 15.2. The fourth-order valence-corrected chi connectivity index (χ4v) is 5.24. The lowest BCUT2D eigenvalue weighted by molar-refractivity contribution is 0.0945. The molecule has 1 aliphatic rings. The number of ketones is 1. The molecule has 4 aromatic heterocycles. The minimum absolute atomic E-state index is 0.0428. The van der Waals surface area contributed by atoms with E-state index in [1.807, 2.05) is 50.0 Å². The summed E-state index contributed by atoms with van der Waals surface area (Å²) in [5.74, 6) is 0.325. The highest BCUT2D eigenvalue weighted by Crippen LogP contribution is 2.30. The lowest BCUT2D eigenvalue weighted by Gasteiger charge is -2.26. The molecule has 42 heavy (non-hydrogen) atoms. The lowest BCUT2D eigenvalue weighted by atomic mass is 9.97. The van der Waals surface area contributed by atoms with Gasteiger partial charge in [-0.15, -0.1) is 10.2 Å². The number of pyridine rings is 1. The highest BCUT2D eigenvalue weighted by atomic mass is 19.1. The van der Waals surface area contributed by atoms with Gasteiger partial charge in [-0.05, 0) is 55.6 Å². The number of carbonyl (C=O) groups is 1. The molecule has 0 saturated carbocycles. The molecule has 1 N–H and O–H groups in total. The molecule has 1 fully saturated rings. The van der Waals surface area contributed by atoms with Crippen LogP contribution >= 0.6 is 0 Å². The second kappa shape index (κ2) is 11.6. The summed E-state index contributed by atoms with van der Waals surface area (Å²) in [5.41, 5.74) is 3.72. The third-order valence-corrected chi connectivity index (χ3v) is 7.68. The molecule has 0 spiro atoms. The number of piperidine rings is 1. The number of halogens is 1. The summed E-state index contributed by atoms with van der Waals surface area (Å²) in [7, 11) is 0. The number of benzene rings is 1. The summed E-state index contributed by atoms with van der Waals surface area (Å²) in [6, 6.07) is 6.88. The molecule has 6 rings (SSSR count). The monoisotopic (exact) mass is 570 g/mol. The van der Waals surface area contributed by atoms with Crippen LogP contribution in [0.15, 0.2) is 47.3 Å². The topological polar surface area (TPSA) is 119 Å². The number of nitrogens with zero attached hydrogens (tertiary/aromatic N) is 7. The van der Waals surface area contributed by atoms with Gasteiger partial charge in [0, 0.05) is 36.3 Å². The summed E-state index contributed by atoms with van der Waals surface area (Å²) < 4.78 is 22.7. The SMILES string of the molecule is CC(C)(C)c1nnc(C(=O)CCc2ccc(-c3ccnc4nc(-c5cnn(CCN6CCCCC6)c5)[nH]c34)cc2F)o1. The van der Waals surface area contributed by atoms with Gasteiger partial charge in [0.2, 0.25) is 11.7 Å². The first-order valence-corrected chi connectivity index (χ1v) is 14.5. The van der Waals surface area contributed by atoms with Crippen LogP contribution in [-0.4, -0.2) is 65.2 Å². The molecule has 1 aromatic carbocycles. The highest BCUT2D eigenvalue weighted by molar-refractivity contribution is 5.92. The van der Waals surface area contributed by atoms with Gasteiger partial charge in [-0.3, -0.25) is 9.48 Å². The number of aryl methyl sites for hydroxylation is 1. The Balaban J connectivity index is 1.15. The van der Waals surface area contributed by atoms with Crippen LogP contribution in [0.2, 0.25) is 0 Å². The number of nitrogens with one attached hydrogen (secondary N) is 1. The van der Waals surface area contributed by atoms with Gasteiger partial charge < -0.3 is 14.3 Å². The average molecular weight is 571 g/mol. The quantitative estimate of drug-likeness (QED) is 0.227. The van der Waals surface area contributed by atoms with Crippen molar-refractivity contribution in [3.8, 4) is 22.5 Å². The molecule has 10 nitrogen and oxygen atoms in total. The predicted molar refractivity (Wildman–Crippen MR) is 156 cm³/mol. The Labute approximate surface area is 243 Å². The average Bonchev–Trinajstić information content (AvgIpc) is 3.75. The number of hydrogen-bond acceptors (Lipinski definition) is 8. The maximum Gasteiger partial charge on any atom is 0.284 e. The number of aromatic nitrogens is 7. The normalized spacial score (nSPS) is 14.6. The lowest BCUT2D eigenvalue weighted by Crippen LogP contribution is -2.32. The molecule has 5 aromatic rings. The molecule has 5 heterocycles. The van der Waals surface area contributed by atoms with Gasteiger partial charge in [-0.25, -0.2) is 14.4 Å². The van der Waals surface area contributed by atoms with Gasteiger partial charge in [0.25, 0.3) is 5.89 Å². The Morgan fingerprint density at radius 3 is 2.67 bits per heavy atom. The van der Waals surface area contributed by atoms with Gasteiger partial charge in [-0.2, -0.15) is 5.10 Å². The molecule has 0 aliphatic carbocycles. The molecule has 218 valence electrons. The molecule has 0 atom stereocenters.